The van der Waals surface area contributed by atoms with E-state index < -0.39 is 0 Å². The fourth-order valence-corrected chi connectivity index (χ4v) is 5.87. The van der Waals surface area contributed by atoms with Crippen LogP contribution in [0, 0.1) is 0 Å². The van der Waals surface area contributed by atoms with Crippen LogP contribution in [0.3, 0.4) is 0 Å². The Bertz CT molecular complexity index is 1870. The molecule has 0 fully saturated rings. The first-order valence-corrected chi connectivity index (χ1v) is 13.1. The minimum Gasteiger partial charge on any atom is -0.308 e. The first-order valence-electron chi connectivity index (χ1n) is 13.1. The van der Waals surface area contributed by atoms with Crippen molar-refractivity contribution in [3.8, 4) is 11.4 Å². The number of benzene rings is 3. The van der Waals surface area contributed by atoms with Crippen molar-refractivity contribution in [1.29, 1.82) is 0 Å². The van der Waals surface area contributed by atoms with Gasteiger partial charge in [-0.15, -0.1) is 0 Å². The van der Waals surface area contributed by atoms with Crippen molar-refractivity contribution in [2.45, 2.75) is 32.6 Å². The highest BCUT2D eigenvalue weighted by Gasteiger charge is 2.17. The number of nitrogens with zero attached hydrogens (tertiary/aromatic N) is 4. The zero-order chi connectivity index (χ0) is 24.9. The molecule has 0 aliphatic heterocycles. The smallest absolute Gasteiger partial charge is 0.0963 e. The molecule has 4 aromatic heterocycles. The molecule has 4 heteroatoms. The SMILES string of the molecule is CCC[C@H](C)c1ccc2c(c1)c1ncccc1n2-c1cccc(-n2c3ccccc3c3ncccc32)c1. The van der Waals surface area contributed by atoms with E-state index in [2.05, 4.69) is 102 Å². The zero-order valence-electron chi connectivity index (χ0n) is 21.1. The third-order valence-corrected chi connectivity index (χ3v) is 7.61. The summed E-state index contributed by atoms with van der Waals surface area (Å²) in [6.45, 7) is 4.57. The largest absolute Gasteiger partial charge is 0.308 e. The van der Waals surface area contributed by atoms with Crippen LogP contribution in [0.4, 0.5) is 0 Å². The predicted octanol–water partition coefficient (Wildman–Crippen LogP) is 8.57. The number of aromatic nitrogens is 4. The lowest BCUT2D eigenvalue weighted by Crippen LogP contribution is -1.99. The van der Waals surface area contributed by atoms with Crippen LogP contribution in [0.2, 0.25) is 0 Å². The molecule has 0 saturated heterocycles. The van der Waals surface area contributed by atoms with Gasteiger partial charge in [0, 0.05) is 34.5 Å². The van der Waals surface area contributed by atoms with E-state index in [1.165, 1.54) is 34.7 Å². The molecule has 37 heavy (non-hydrogen) atoms. The lowest BCUT2D eigenvalue weighted by atomic mass is 9.95. The van der Waals surface area contributed by atoms with E-state index in [0.29, 0.717) is 5.92 Å². The quantitative estimate of drug-likeness (QED) is 0.247. The molecule has 180 valence electrons. The van der Waals surface area contributed by atoms with Gasteiger partial charge in [0.15, 0.2) is 0 Å². The molecule has 0 bridgehead atoms. The van der Waals surface area contributed by atoms with Crippen molar-refractivity contribution in [2.24, 2.45) is 0 Å². The van der Waals surface area contributed by atoms with Crippen molar-refractivity contribution in [2.75, 3.05) is 0 Å². The van der Waals surface area contributed by atoms with Crippen LogP contribution in [0.15, 0.2) is 103 Å². The van der Waals surface area contributed by atoms with Gasteiger partial charge in [0.1, 0.15) is 0 Å². The number of para-hydroxylation sites is 1. The molecule has 0 aliphatic rings. The molecule has 4 nitrogen and oxygen atoms in total. The number of fused-ring (bicyclic) bond motifs is 6. The van der Waals surface area contributed by atoms with Gasteiger partial charge in [0.25, 0.3) is 0 Å². The molecule has 7 aromatic rings. The molecule has 7 rings (SSSR count). The molecule has 3 aromatic carbocycles. The maximum atomic E-state index is 4.82. The summed E-state index contributed by atoms with van der Waals surface area (Å²) in [6.07, 6.45) is 6.14. The Morgan fingerprint density at radius 1 is 0.622 bits per heavy atom. The first kappa shape index (κ1) is 21.8. The molecule has 0 saturated carbocycles. The molecule has 0 radical (unpaired) electrons. The number of hydrogen-bond donors (Lipinski definition) is 0. The Morgan fingerprint density at radius 3 is 1.95 bits per heavy atom. The Kier molecular flexibility index (Phi) is 5.07. The third-order valence-electron chi connectivity index (χ3n) is 7.61. The van der Waals surface area contributed by atoms with E-state index in [4.69, 9.17) is 9.97 Å². The Balaban J connectivity index is 1.48. The van der Waals surface area contributed by atoms with Crippen LogP contribution in [0.25, 0.3) is 55.2 Å². The summed E-state index contributed by atoms with van der Waals surface area (Å²) >= 11 is 0. The van der Waals surface area contributed by atoms with Gasteiger partial charge in [0.05, 0.1) is 33.1 Å². The summed E-state index contributed by atoms with van der Waals surface area (Å²) in [5, 5.41) is 2.38. The standard InChI is InChI=1S/C33H28N4/c1-3-9-22(2)23-16-17-29-27(20-23)33-31(15-8-19-35-33)37(29)25-11-6-10-24(21-25)36-28-13-5-4-12-26(28)32-30(36)14-7-18-34-32/h4-8,10-22H,3,9H2,1-2H3/t22-/m0/s1. The van der Waals surface area contributed by atoms with E-state index in [-0.39, 0.29) is 0 Å². The van der Waals surface area contributed by atoms with Crippen molar-refractivity contribution >= 4 is 43.9 Å². The lowest BCUT2D eigenvalue weighted by Gasteiger charge is -2.13. The van der Waals surface area contributed by atoms with Gasteiger partial charge in [-0.2, -0.15) is 0 Å². The van der Waals surface area contributed by atoms with E-state index in [1.807, 2.05) is 24.5 Å². The minimum atomic E-state index is 0.531. The third kappa shape index (κ3) is 3.36. The second kappa shape index (κ2) is 8.59. The summed E-state index contributed by atoms with van der Waals surface area (Å²) < 4.78 is 4.67. The van der Waals surface area contributed by atoms with Gasteiger partial charge in [-0.1, -0.05) is 50.6 Å². The molecule has 0 unspecified atom stereocenters. The lowest BCUT2D eigenvalue weighted by molar-refractivity contribution is 0.665. The topological polar surface area (TPSA) is 35.6 Å². The number of hydrogen-bond acceptors (Lipinski definition) is 2. The highest BCUT2D eigenvalue weighted by molar-refractivity contribution is 6.08. The molecule has 4 heterocycles. The summed E-state index contributed by atoms with van der Waals surface area (Å²) in [4.78, 5) is 9.53. The fraction of sp³-hybridized carbons (Fsp3) is 0.152. The van der Waals surface area contributed by atoms with Gasteiger partial charge in [0.2, 0.25) is 0 Å². The average Bonchev–Trinajstić information content (AvgIpc) is 3.46. The first-order chi connectivity index (χ1) is 18.2. The van der Waals surface area contributed by atoms with Crippen molar-refractivity contribution in [3.63, 3.8) is 0 Å². The molecular formula is C33H28N4. The molecule has 0 aliphatic carbocycles. The summed E-state index contributed by atoms with van der Waals surface area (Å²) in [7, 11) is 0. The van der Waals surface area contributed by atoms with Crippen molar-refractivity contribution in [1.82, 2.24) is 19.1 Å². The normalized spacial score (nSPS) is 12.7. The zero-order valence-corrected chi connectivity index (χ0v) is 21.1. The van der Waals surface area contributed by atoms with Crippen molar-refractivity contribution in [3.05, 3.63) is 109 Å². The second-order valence-electron chi connectivity index (χ2n) is 9.92. The van der Waals surface area contributed by atoms with Gasteiger partial charge >= 0.3 is 0 Å². The summed E-state index contributed by atoms with van der Waals surface area (Å²) in [6, 6.07) is 32.6. The molecule has 0 amide bonds. The highest BCUT2D eigenvalue weighted by atomic mass is 15.0. The van der Waals surface area contributed by atoms with Crippen LogP contribution in [0.1, 0.15) is 38.2 Å². The van der Waals surface area contributed by atoms with Crippen LogP contribution < -0.4 is 0 Å². The maximum Gasteiger partial charge on any atom is 0.0963 e. The monoisotopic (exact) mass is 480 g/mol. The van der Waals surface area contributed by atoms with Crippen LogP contribution in [0.5, 0.6) is 0 Å². The molecule has 1 atom stereocenters. The Labute approximate surface area is 215 Å². The van der Waals surface area contributed by atoms with E-state index >= 15 is 0 Å². The second-order valence-corrected chi connectivity index (χ2v) is 9.92. The maximum absolute atomic E-state index is 4.82. The number of pyridine rings is 2. The Morgan fingerprint density at radius 2 is 1.24 bits per heavy atom. The minimum absolute atomic E-state index is 0.531. The molecular weight excluding hydrogens is 452 g/mol. The van der Waals surface area contributed by atoms with E-state index in [1.54, 1.807) is 0 Å². The summed E-state index contributed by atoms with van der Waals surface area (Å²) in [5.74, 6) is 0.531. The van der Waals surface area contributed by atoms with Gasteiger partial charge < -0.3 is 9.13 Å². The molecule has 0 spiro atoms. The molecule has 0 N–H and O–H groups in total. The predicted molar refractivity (Wildman–Crippen MR) is 154 cm³/mol. The highest BCUT2D eigenvalue weighted by Crippen LogP contribution is 2.35. The fourth-order valence-electron chi connectivity index (χ4n) is 5.87. The van der Waals surface area contributed by atoms with Crippen molar-refractivity contribution < 1.29 is 0 Å². The van der Waals surface area contributed by atoms with Gasteiger partial charge in [-0.3, -0.25) is 9.97 Å². The van der Waals surface area contributed by atoms with Gasteiger partial charge in [-0.25, -0.2) is 0 Å². The average molecular weight is 481 g/mol. The van der Waals surface area contributed by atoms with Gasteiger partial charge in [-0.05, 0) is 78.6 Å². The number of rotatable bonds is 5. The van der Waals surface area contributed by atoms with Crippen LogP contribution in [-0.2, 0) is 0 Å². The Hall–Kier alpha value is -4.44. The van der Waals surface area contributed by atoms with Crippen LogP contribution in [-0.4, -0.2) is 19.1 Å². The van der Waals surface area contributed by atoms with E-state index in [9.17, 15) is 0 Å². The van der Waals surface area contributed by atoms with E-state index in [0.717, 1.165) is 39.0 Å². The summed E-state index contributed by atoms with van der Waals surface area (Å²) in [5.41, 5.74) is 10.3. The van der Waals surface area contributed by atoms with Crippen LogP contribution >= 0.6 is 0 Å².